The van der Waals surface area contributed by atoms with Crippen LogP contribution in [0.5, 0.6) is 0 Å². The molecule has 0 amide bonds. The first-order valence-electron chi connectivity index (χ1n) is 7.87. The smallest absolute Gasteiger partial charge is 0.182 e. The summed E-state index contributed by atoms with van der Waals surface area (Å²) in [6, 6.07) is 7.50. The number of benzene rings is 1. The molecule has 0 bridgehead atoms. The number of sulfone groups is 1. The van der Waals surface area contributed by atoms with Crippen LogP contribution in [0.2, 0.25) is 0 Å². The minimum absolute atomic E-state index is 0.0657. The van der Waals surface area contributed by atoms with Crippen LogP contribution in [0.4, 0.5) is 0 Å². The van der Waals surface area contributed by atoms with E-state index in [1.807, 2.05) is 19.2 Å². The maximum absolute atomic E-state index is 12.9. The van der Waals surface area contributed by atoms with Crippen LogP contribution in [0.1, 0.15) is 51.5 Å². The lowest BCUT2D eigenvalue weighted by atomic mass is 9.87. The highest BCUT2D eigenvalue weighted by Crippen LogP contribution is 2.32. The maximum Gasteiger partial charge on any atom is 0.182 e. The van der Waals surface area contributed by atoms with Crippen molar-refractivity contribution in [3.63, 3.8) is 0 Å². The van der Waals surface area contributed by atoms with Gasteiger partial charge in [0.05, 0.1) is 10.1 Å². The largest absolute Gasteiger partial charge is 0.316 e. The molecule has 4 heteroatoms. The van der Waals surface area contributed by atoms with Crippen LogP contribution >= 0.6 is 0 Å². The Labute approximate surface area is 129 Å². The molecule has 0 aliphatic heterocycles. The van der Waals surface area contributed by atoms with Crippen molar-refractivity contribution in [2.45, 2.75) is 62.1 Å². The molecule has 2 rings (SSSR count). The van der Waals surface area contributed by atoms with Crippen molar-refractivity contribution in [1.29, 1.82) is 0 Å². The van der Waals surface area contributed by atoms with Crippen LogP contribution in [0, 0.1) is 5.92 Å². The van der Waals surface area contributed by atoms with Crippen molar-refractivity contribution in [3.8, 4) is 0 Å². The van der Waals surface area contributed by atoms with Gasteiger partial charge in [0.2, 0.25) is 0 Å². The SMILES string of the molecule is CNC1CCC(C)CC1S(=O)(=O)c1ccc(C(C)C)cc1. The van der Waals surface area contributed by atoms with Crippen molar-refractivity contribution >= 4 is 9.84 Å². The lowest BCUT2D eigenvalue weighted by Crippen LogP contribution is -2.46. The Balaban J connectivity index is 2.31. The van der Waals surface area contributed by atoms with Gasteiger partial charge < -0.3 is 5.32 Å². The zero-order chi connectivity index (χ0) is 15.6. The van der Waals surface area contributed by atoms with Gasteiger partial charge in [-0.05, 0) is 55.8 Å². The summed E-state index contributed by atoms with van der Waals surface area (Å²) >= 11 is 0. The van der Waals surface area contributed by atoms with Crippen molar-refractivity contribution in [2.75, 3.05) is 7.05 Å². The lowest BCUT2D eigenvalue weighted by molar-refractivity contribution is 0.319. The molecule has 1 aliphatic rings. The van der Waals surface area contributed by atoms with Gasteiger partial charge in [-0.2, -0.15) is 0 Å². The fraction of sp³-hybridized carbons (Fsp3) is 0.647. The summed E-state index contributed by atoms with van der Waals surface area (Å²) in [6.07, 6.45) is 2.79. The molecule has 0 aromatic heterocycles. The third-order valence-corrected chi connectivity index (χ3v) is 6.95. The summed E-state index contributed by atoms with van der Waals surface area (Å²) in [7, 11) is -1.40. The average molecular weight is 309 g/mol. The maximum atomic E-state index is 12.9. The average Bonchev–Trinajstić information content (AvgIpc) is 2.47. The molecule has 1 aromatic rings. The molecule has 21 heavy (non-hydrogen) atoms. The molecule has 0 radical (unpaired) electrons. The molecular formula is C17H27NO2S. The zero-order valence-corrected chi connectivity index (χ0v) is 14.3. The molecule has 1 aromatic carbocycles. The van der Waals surface area contributed by atoms with Gasteiger partial charge in [0.15, 0.2) is 9.84 Å². The molecule has 1 fully saturated rings. The molecule has 3 nitrogen and oxygen atoms in total. The summed E-state index contributed by atoms with van der Waals surface area (Å²) in [6.45, 7) is 6.38. The van der Waals surface area contributed by atoms with Crippen LogP contribution in [0.25, 0.3) is 0 Å². The van der Waals surface area contributed by atoms with Gasteiger partial charge in [0.1, 0.15) is 0 Å². The third-order valence-electron chi connectivity index (χ3n) is 4.70. The predicted molar refractivity (Wildman–Crippen MR) is 87.4 cm³/mol. The van der Waals surface area contributed by atoms with Crippen molar-refractivity contribution in [1.82, 2.24) is 5.32 Å². The van der Waals surface area contributed by atoms with Crippen LogP contribution in [0.3, 0.4) is 0 Å². The Morgan fingerprint density at radius 1 is 1.14 bits per heavy atom. The van der Waals surface area contributed by atoms with E-state index < -0.39 is 9.84 Å². The lowest BCUT2D eigenvalue weighted by Gasteiger charge is -2.34. The number of hydrogen-bond acceptors (Lipinski definition) is 3. The minimum atomic E-state index is -3.26. The molecule has 0 saturated heterocycles. The molecule has 1 saturated carbocycles. The molecule has 3 atom stereocenters. The summed E-state index contributed by atoms with van der Waals surface area (Å²) in [5, 5.41) is 2.89. The van der Waals surface area contributed by atoms with Crippen LogP contribution < -0.4 is 5.32 Å². The summed E-state index contributed by atoms with van der Waals surface area (Å²) < 4.78 is 25.9. The molecule has 118 valence electrons. The summed E-state index contributed by atoms with van der Waals surface area (Å²) in [4.78, 5) is 0.464. The van der Waals surface area contributed by atoms with E-state index in [9.17, 15) is 8.42 Å². The second-order valence-electron chi connectivity index (χ2n) is 6.62. The van der Waals surface area contributed by atoms with Gasteiger partial charge in [-0.3, -0.25) is 0 Å². The Hall–Kier alpha value is -0.870. The van der Waals surface area contributed by atoms with Crippen molar-refractivity contribution in [2.24, 2.45) is 5.92 Å². The van der Waals surface area contributed by atoms with E-state index in [-0.39, 0.29) is 11.3 Å². The Bertz CT molecular complexity index is 563. The predicted octanol–water partition coefficient (Wildman–Crippen LogP) is 3.36. The van der Waals surface area contributed by atoms with E-state index in [4.69, 9.17) is 0 Å². The zero-order valence-electron chi connectivity index (χ0n) is 13.5. The second kappa shape index (κ2) is 6.49. The summed E-state index contributed by atoms with van der Waals surface area (Å²) in [5.74, 6) is 0.894. The number of nitrogens with one attached hydrogen (secondary N) is 1. The quantitative estimate of drug-likeness (QED) is 0.927. The highest BCUT2D eigenvalue weighted by molar-refractivity contribution is 7.92. The Kier molecular flexibility index (Phi) is 5.10. The third kappa shape index (κ3) is 3.49. The Morgan fingerprint density at radius 2 is 1.76 bits per heavy atom. The fourth-order valence-corrected chi connectivity index (χ4v) is 5.37. The van der Waals surface area contributed by atoms with Crippen LogP contribution in [-0.4, -0.2) is 26.8 Å². The fourth-order valence-electron chi connectivity index (χ4n) is 3.22. The van der Waals surface area contributed by atoms with Gasteiger partial charge >= 0.3 is 0 Å². The normalized spacial score (nSPS) is 27.0. The van der Waals surface area contributed by atoms with E-state index in [0.29, 0.717) is 16.7 Å². The Morgan fingerprint density at radius 3 is 2.29 bits per heavy atom. The first-order valence-corrected chi connectivity index (χ1v) is 9.42. The molecule has 0 spiro atoms. The molecule has 3 unspecified atom stereocenters. The standard InChI is InChI=1S/C17H27NO2S/c1-12(2)14-6-8-15(9-7-14)21(19,20)17-11-13(3)5-10-16(17)18-4/h6-9,12-13,16-18H,5,10-11H2,1-4H3. The highest BCUT2D eigenvalue weighted by atomic mass is 32.2. The number of rotatable bonds is 4. The van der Waals surface area contributed by atoms with E-state index in [2.05, 4.69) is 26.1 Å². The van der Waals surface area contributed by atoms with Crippen molar-refractivity contribution < 1.29 is 8.42 Å². The molecular weight excluding hydrogens is 282 g/mol. The van der Waals surface area contributed by atoms with Gasteiger partial charge in [0, 0.05) is 6.04 Å². The number of hydrogen-bond donors (Lipinski definition) is 1. The monoisotopic (exact) mass is 309 g/mol. The van der Waals surface area contributed by atoms with Gasteiger partial charge in [0.25, 0.3) is 0 Å². The topological polar surface area (TPSA) is 46.2 Å². The first kappa shape index (κ1) is 16.5. The highest BCUT2D eigenvalue weighted by Gasteiger charge is 2.37. The van der Waals surface area contributed by atoms with E-state index in [1.54, 1.807) is 12.1 Å². The van der Waals surface area contributed by atoms with Gasteiger partial charge in [-0.25, -0.2) is 8.42 Å². The van der Waals surface area contributed by atoms with E-state index in [1.165, 1.54) is 5.56 Å². The van der Waals surface area contributed by atoms with Crippen LogP contribution in [0.15, 0.2) is 29.2 Å². The minimum Gasteiger partial charge on any atom is -0.316 e. The van der Waals surface area contributed by atoms with E-state index >= 15 is 0 Å². The first-order chi connectivity index (χ1) is 9.86. The van der Waals surface area contributed by atoms with Gasteiger partial charge in [-0.1, -0.05) is 32.9 Å². The van der Waals surface area contributed by atoms with Crippen LogP contribution in [-0.2, 0) is 9.84 Å². The molecule has 1 N–H and O–H groups in total. The van der Waals surface area contributed by atoms with Gasteiger partial charge in [-0.15, -0.1) is 0 Å². The van der Waals surface area contributed by atoms with Crippen molar-refractivity contribution in [3.05, 3.63) is 29.8 Å². The molecule has 0 heterocycles. The van der Waals surface area contributed by atoms with E-state index in [0.717, 1.165) is 19.3 Å². The second-order valence-corrected chi connectivity index (χ2v) is 8.79. The molecule has 1 aliphatic carbocycles. The summed E-state index contributed by atoms with van der Waals surface area (Å²) in [5.41, 5.74) is 1.18.